The molecule has 1 aliphatic rings. The fourth-order valence-electron chi connectivity index (χ4n) is 1.93. The molecule has 0 aliphatic carbocycles. The maximum absolute atomic E-state index is 11.2. The van der Waals surface area contributed by atoms with Crippen LogP contribution >= 0.6 is 15.9 Å². The van der Waals surface area contributed by atoms with Crippen molar-refractivity contribution in [3.63, 3.8) is 0 Å². The molecule has 0 amide bonds. The van der Waals surface area contributed by atoms with Gasteiger partial charge < -0.3 is 9.64 Å². The molecule has 0 aromatic rings. The molecule has 1 rings (SSSR count). The van der Waals surface area contributed by atoms with Crippen LogP contribution in [0.3, 0.4) is 0 Å². The summed E-state index contributed by atoms with van der Waals surface area (Å²) in [6.07, 6.45) is 3.78. The Bertz CT molecular complexity index is 211. The monoisotopic (exact) mass is 277 g/mol. The predicted molar refractivity (Wildman–Crippen MR) is 64.2 cm³/mol. The molecule has 0 aromatic heterocycles. The van der Waals surface area contributed by atoms with Gasteiger partial charge in [-0.05, 0) is 38.3 Å². The molecule has 1 saturated heterocycles. The first-order valence-electron chi connectivity index (χ1n) is 5.57. The number of ether oxygens (including phenoxy) is 1. The van der Waals surface area contributed by atoms with Crippen molar-refractivity contribution in [3.8, 4) is 0 Å². The molecule has 0 N–H and O–H groups in total. The fourth-order valence-corrected chi connectivity index (χ4v) is 2.53. The number of halogens is 1. The van der Waals surface area contributed by atoms with Crippen LogP contribution in [-0.4, -0.2) is 42.4 Å². The summed E-state index contributed by atoms with van der Waals surface area (Å²) >= 11 is 3.36. The Morgan fingerprint density at radius 2 is 2.27 bits per heavy atom. The molecule has 88 valence electrons. The molecule has 15 heavy (non-hydrogen) atoms. The van der Waals surface area contributed by atoms with Gasteiger partial charge in [-0.2, -0.15) is 0 Å². The topological polar surface area (TPSA) is 29.5 Å². The van der Waals surface area contributed by atoms with Gasteiger partial charge in [0, 0.05) is 6.54 Å². The maximum atomic E-state index is 11.2. The lowest BCUT2D eigenvalue weighted by atomic mass is 10.0. The molecule has 1 fully saturated rings. The number of hydrogen-bond acceptors (Lipinski definition) is 3. The second kappa shape index (κ2) is 6.48. The van der Waals surface area contributed by atoms with E-state index < -0.39 is 0 Å². The first-order valence-corrected chi connectivity index (χ1v) is 6.49. The summed E-state index contributed by atoms with van der Waals surface area (Å²) in [5.74, 6) is 0.647. The Hall–Kier alpha value is -0.0900. The second-order valence-electron chi connectivity index (χ2n) is 4.33. The van der Waals surface area contributed by atoms with Crippen molar-refractivity contribution in [2.45, 2.75) is 31.0 Å². The highest BCUT2D eigenvalue weighted by atomic mass is 79.9. The summed E-state index contributed by atoms with van der Waals surface area (Å²) < 4.78 is 4.69. The van der Waals surface area contributed by atoms with Gasteiger partial charge in [-0.25, -0.2) is 0 Å². The molecule has 0 saturated carbocycles. The third-order valence-corrected chi connectivity index (χ3v) is 3.65. The number of esters is 1. The van der Waals surface area contributed by atoms with Gasteiger partial charge in [-0.3, -0.25) is 4.79 Å². The standard InChI is InChI=1S/C11H20BrNO2/c1-9-4-3-6-13(7-5-9)8-10(12)11(14)15-2/h9-10H,3-8H2,1-2H3. The van der Waals surface area contributed by atoms with E-state index in [2.05, 4.69) is 27.8 Å². The van der Waals surface area contributed by atoms with Crippen LogP contribution in [0.15, 0.2) is 0 Å². The van der Waals surface area contributed by atoms with Gasteiger partial charge >= 0.3 is 5.97 Å². The summed E-state index contributed by atoms with van der Waals surface area (Å²) in [4.78, 5) is 13.4. The molecule has 1 aliphatic heterocycles. The van der Waals surface area contributed by atoms with Crippen LogP contribution in [0.1, 0.15) is 26.2 Å². The zero-order valence-electron chi connectivity index (χ0n) is 9.54. The van der Waals surface area contributed by atoms with Gasteiger partial charge in [0.2, 0.25) is 0 Å². The number of nitrogens with zero attached hydrogens (tertiary/aromatic N) is 1. The number of rotatable bonds is 3. The van der Waals surface area contributed by atoms with Crippen molar-refractivity contribution in [1.82, 2.24) is 4.90 Å². The molecule has 0 bridgehead atoms. The smallest absolute Gasteiger partial charge is 0.320 e. The van der Waals surface area contributed by atoms with Gasteiger partial charge in [0.15, 0.2) is 0 Å². The highest BCUT2D eigenvalue weighted by Crippen LogP contribution is 2.17. The van der Waals surface area contributed by atoms with E-state index >= 15 is 0 Å². The molecular weight excluding hydrogens is 258 g/mol. The highest BCUT2D eigenvalue weighted by molar-refractivity contribution is 9.10. The lowest BCUT2D eigenvalue weighted by molar-refractivity contribution is -0.140. The Morgan fingerprint density at radius 1 is 1.53 bits per heavy atom. The van der Waals surface area contributed by atoms with Gasteiger partial charge in [0.25, 0.3) is 0 Å². The number of methoxy groups -OCH3 is 1. The molecule has 1 heterocycles. The van der Waals surface area contributed by atoms with Crippen LogP contribution in [0.2, 0.25) is 0 Å². The lowest BCUT2D eigenvalue weighted by Crippen LogP contribution is -2.35. The largest absolute Gasteiger partial charge is 0.468 e. The Labute approximate surface area is 100 Å². The van der Waals surface area contributed by atoms with Gasteiger partial charge in [-0.15, -0.1) is 0 Å². The van der Waals surface area contributed by atoms with E-state index in [-0.39, 0.29) is 10.8 Å². The van der Waals surface area contributed by atoms with Gasteiger partial charge in [0.1, 0.15) is 4.83 Å². The minimum absolute atomic E-state index is 0.174. The van der Waals surface area contributed by atoms with E-state index in [9.17, 15) is 4.79 Å². The molecule has 3 nitrogen and oxygen atoms in total. The molecule has 0 spiro atoms. The third-order valence-electron chi connectivity index (χ3n) is 2.98. The molecule has 4 heteroatoms. The van der Waals surface area contributed by atoms with Crippen LogP contribution in [0.25, 0.3) is 0 Å². The summed E-state index contributed by atoms with van der Waals surface area (Å²) in [7, 11) is 1.43. The Kier molecular flexibility index (Phi) is 5.61. The van der Waals surface area contributed by atoms with Crippen molar-refractivity contribution in [3.05, 3.63) is 0 Å². The van der Waals surface area contributed by atoms with E-state index in [0.29, 0.717) is 0 Å². The fraction of sp³-hybridized carbons (Fsp3) is 0.909. The minimum Gasteiger partial charge on any atom is -0.468 e. The van der Waals surface area contributed by atoms with E-state index in [1.54, 1.807) is 0 Å². The molecule has 2 unspecified atom stereocenters. The van der Waals surface area contributed by atoms with Crippen LogP contribution in [0.5, 0.6) is 0 Å². The summed E-state index contributed by atoms with van der Waals surface area (Å²) in [6, 6.07) is 0. The summed E-state index contributed by atoms with van der Waals surface area (Å²) in [5, 5.41) is 0. The Balaban J connectivity index is 2.34. The first-order chi connectivity index (χ1) is 7.13. The quantitative estimate of drug-likeness (QED) is 0.584. The van der Waals surface area contributed by atoms with Crippen molar-refractivity contribution in [2.24, 2.45) is 5.92 Å². The van der Waals surface area contributed by atoms with Gasteiger partial charge in [-0.1, -0.05) is 22.9 Å². The van der Waals surface area contributed by atoms with E-state index in [1.807, 2.05) is 0 Å². The number of likely N-dealkylation sites (tertiary alicyclic amines) is 1. The summed E-state index contributed by atoms with van der Waals surface area (Å²) in [5.41, 5.74) is 0. The lowest BCUT2D eigenvalue weighted by Gasteiger charge is -2.21. The van der Waals surface area contributed by atoms with E-state index in [0.717, 1.165) is 25.6 Å². The number of carbonyl (C=O) groups excluding carboxylic acids is 1. The highest BCUT2D eigenvalue weighted by Gasteiger charge is 2.21. The zero-order chi connectivity index (χ0) is 11.3. The minimum atomic E-state index is -0.184. The van der Waals surface area contributed by atoms with Crippen molar-refractivity contribution in [2.75, 3.05) is 26.7 Å². The predicted octanol–water partition coefficient (Wildman–Crippen LogP) is 2.04. The second-order valence-corrected chi connectivity index (χ2v) is 5.43. The number of hydrogen-bond donors (Lipinski definition) is 0. The van der Waals surface area contributed by atoms with Crippen molar-refractivity contribution in [1.29, 1.82) is 0 Å². The SMILES string of the molecule is COC(=O)C(Br)CN1CCCC(C)CC1. The van der Waals surface area contributed by atoms with Crippen LogP contribution in [0.4, 0.5) is 0 Å². The first kappa shape index (κ1) is 13.0. The van der Waals surface area contributed by atoms with Crippen LogP contribution in [-0.2, 0) is 9.53 Å². The van der Waals surface area contributed by atoms with Crippen LogP contribution < -0.4 is 0 Å². The van der Waals surface area contributed by atoms with Gasteiger partial charge in [0.05, 0.1) is 7.11 Å². The molecule has 0 radical (unpaired) electrons. The van der Waals surface area contributed by atoms with Crippen molar-refractivity contribution < 1.29 is 9.53 Å². The average Bonchev–Trinajstić information content (AvgIpc) is 2.42. The summed E-state index contributed by atoms with van der Waals surface area (Å²) in [6.45, 7) is 5.26. The number of alkyl halides is 1. The van der Waals surface area contributed by atoms with Crippen molar-refractivity contribution >= 4 is 21.9 Å². The average molecular weight is 278 g/mol. The van der Waals surface area contributed by atoms with Crippen LogP contribution in [0, 0.1) is 5.92 Å². The third kappa shape index (κ3) is 4.51. The normalized spacial score (nSPS) is 25.7. The Morgan fingerprint density at radius 3 is 2.93 bits per heavy atom. The van der Waals surface area contributed by atoms with E-state index in [4.69, 9.17) is 4.74 Å². The molecule has 0 aromatic carbocycles. The number of carbonyl (C=O) groups is 1. The molecular formula is C11H20BrNO2. The van der Waals surface area contributed by atoms with E-state index in [1.165, 1.54) is 26.4 Å². The molecule has 2 atom stereocenters. The zero-order valence-corrected chi connectivity index (χ0v) is 11.1. The maximum Gasteiger partial charge on any atom is 0.320 e.